The fourth-order valence-electron chi connectivity index (χ4n) is 1.60. The quantitative estimate of drug-likeness (QED) is 0.685. The molecule has 0 aliphatic carbocycles. The lowest BCUT2D eigenvalue weighted by molar-refractivity contribution is -0.424. The summed E-state index contributed by atoms with van der Waals surface area (Å²) in [7, 11) is 1.37. The zero-order valence-corrected chi connectivity index (χ0v) is 10.9. The van der Waals surface area contributed by atoms with Crippen molar-refractivity contribution in [2.45, 2.75) is 0 Å². The van der Waals surface area contributed by atoms with Gasteiger partial charge in [-0.3, -0.25) is 10.1 Å². The summed E-state index contributed by atoms with van der Waals surface area (Å²) in [6.07, 6.45) is 0. The van der Waals surface area contributed by atoms with Gasteiger partial charge in [-0.1, -0.05) is 11.6 Å². The van der Waals surface area contributed by atoms with E-state index in [4.69, 9.17) is 11.6 Å². The Kier molecular flexibility index (Phi) is 3.53. The van der Waals surface area contributed by atoms with Gasteiger partial charge in [-0.05, 0) is 29.2 Å². The molecule has 0 atom stereocenters. The summed E-state index contributed by atoms with van der Waals surface area (Å²) in [5.74, 6) is -0.891. The first-order chi connectivity index (χ1) is 9.40. The van der Waals surface area contributed by atoms with Crippen LogP contribution in [-0.2, 0) is 7.05 Å². The lowest BCUT2D eigenvalue weighted by Gasteiger charge is -2.03. The number of hydrogen-bond acceptors (Lipinski definition) is 6. The zero-order valence-electron chi connectivity index (χ0n) is 10.1. The van der Waals surface area contributed by atoms with Gasteiger partial charge in [-0.25, -0.2) is 0 Å². The summed E-state index contributed by atoms with van der Waals surface area (Å²) in [5, 5.41) is 28.5. The van der Waals surface area contributed by atoms with Gasteiger partial charge in [0.15, 0.2) is 0 Å². The Balaban J connectivity index is 2.48. The van der Waals surface area contributed by atoms with Gasteiger partial charge in [0, 0.05) is 10.7 Å². The molecule has 10 heteroatoms. The largest absolute Gasteiger partial charge is 0.470 e. The Morgan fingerprint density at radius 3 is 2.30 bits per heavy atom. The number of nitro groups is 2. The summed E-state index contributed by atoms with van der Waals surface area (Å²) in [5.41, 5.74) is -0.192. The Morgan fingerprint density at radius 2 is 1.80 bits per heavy atom. The third-order valence-electron chi connectivity index (χ3n) is 2.47. The lowest BCUT2D eigenvalue weighted by Crippen LogP contribution is -2.01. The zero-order chi connectivity index (χ0) is 14.9. The van der Waals surface area contributed by atoms with Crippen molar-refractivity contribution in [1.29, 1.82) is 0 Å². The van der Waals surface area contributed by atoms with Crippen molar-refractivity contribution < 1.29 is 9.85 Å². The Bertz CT molecular complexity index is 682. The second-order valence-corrected chi connectivity index (χ2v) is 4.23. The summed E-state index contributed by atoms with van der Waals surface area (Å²) < 4.78 is 1.05. The number of nitrogens with zero attached hydrogens (tertiary/aromatic N) is 4. The van der Waals surface area contributed by atoms with Crippen LogP contribution in [0.4, 0.5) is 23.0 Å². The van der Waals surface area contributed by atoms with Crippen LogP contribution in [0.25, 0.3) is 0 Å². The molecule has 0 amide bonds. The van der Waals surface area contributed by atoms with E-state index in [-0.39, 0.29) is 5.82 Å². The van der Waals surface area contributed by atoms with E-state index in [1.54, 1.807) is 24.3 Å². The number of nitrogens with one attached hydrogen (secondary N) is 1. The molecule has 0 bridgehead atoms. The van der Waals surface area contributed by atoms with Gasteiger partial charge in [0.1, 0.15) is 0 Å². The molecule has 9 nitrogen and oxygen atoms in total. The van der Waals surface area contributed by atoms with Crippen LogP contribution in [0.1, 0.15) is 0 Å². The van der Waals surface area contributed by atoms with E-state index >= 15 is 0 Å². The maximum Gasteiger partial charge on any atom is 0.470 e. The van der Waals surface area contributed by atoms with E-state index in [1.165, 1.54) is 7.05 Å². The molecule has 0 radical (unpaired) electrons. The van der Waals surface area contributed by atoms with E-state index in [1.807, 2.05) is 0 Å². The molecule has 0 unspecified atom stereocenters. The maximum atomic E-state index is 11.0. The average molecular weight is 298 g/mol. The monoisotopic (exact) mass is 297 g/mol. The van der Waals surface area contributed by atoms with Gasteiger partial charge in [0.05, 0.1) is 17.1 Å². The number of aromatic nitrogens is 2. The van der Waals surface area contributed by atoms with Crippen molar-refractivity contribution >= 4 is 34.6 Å². The molecule has 20 heavy (non-hydrogen) atoms. The highest BCUT2D eigenvalue weighted by Crippen LogP contribution is 2.35. The van der Waals surface area contributed by atoms with Crippen LogP contribution in [0, 0.1) is 20.2 Å². The standard InChI is InChI=1S/C10H8ClN5O4/c1-14-9(12-7-4-2-6(11)3-5-7)8(15(17)18)10(13-14)16(19)20/h2-5,12H,1H3. The maximum absolute atomic E-state index is 11.0. The second kappa shape index (κ2) is 5.13. The second-order valence-electron chi connectivity index (χ2n) is 3.79. The van der Waals surface area contributed by atoms with Crippen LogP contribution in [0.2, 0.25) is 5.02 Å². The van der Waals surface area contributed by atoms with Crippen molar-refractivity contribution in [3.8, 4) is 0 Å². The van der Waals surface area contributed by atoms with Crippen LogP contribution in [0.5, 0.6) is 0 Å². The molecule has 0 aliphatic rings. The third-order valence-corrected chi connectivity index (χ3v) is 2.72. The van der Waals surface area contributed by atoms with Gasteiger partial charge >= 0.3 is 11.5 Å². The normalized spacial score (nSPS) is 10.3. The molecule has 0 fully saturated rings. The Hall–Kier alpha value is -2.68. The molecule has 0 spiro atoms. The number of benzene rings is 1. The molecule has 1 N–H and O–H groups in total. The van der Waals surface area contributed by atoms with Gasteiger partial charge < -0.3 is 15.4 Å². The van der Waals surface area contributed by atoms with Gasteiger partial charge in [0.25, 0.3) is 0 Å². The van der Waals surface area contributed by atoms with E-state index in [9.17, 15) is 20.2 Å². The number of anilines is 2. The summed E-state index contributed by atoms with van der Waals surface area (Å²) >= 11 is 5.73. The fourth-order valence-corrected chi connectivity index (χ4v) is 1.73. The highest BCUT2D eigenvalue weighted by atomic mass is 35.5. The molecular weight excluding hydrogens is 290 g/mol. The van der Waals surface area contributed by atoms with Crippen LogP contribution >= 0.6 is 11.6 Å². The number of hydrogen-bond donors (Lipinski definition) is 1. The highest BCUT2D eigenvalue weighted by Gasteiger charge is 2.36. The number of rotatable bonds is 4. The molecule has 104 valence electrons. The SMILES string of the molecule is Cn1nc([N+](=O)[O-])c([N+](=O)[O-])c1Nc1ccc(Cl)cc1. The smallest absolute Gasteiger partial charge is 0.358 e. The van der Waals surface area contributed by atoms with Crippen molar-refractivity contribution in [3.05, 3.63) is 49.5 Å². The molecule has 2 aromatic rings. The predicted octanol–water partition coefficient (Wildman–Crippen LogP) is 2.63. The molecule has 1 aromatic carbocycles. The molecule has 1 aromatic heterocycles. The molecule has 0 saturated heterocycles. The molecule has 2 rings (SSSR count). The number of aryl methyl sites for hydroxylation is 1. The van der Waals surface area contributed by atoms with Crippen LogP contribution in [0.3, 0.4) is 0 Å². The minimum Gasteiger partial charge on any atom is -0.358 e. The van der Waals surface area contributed by atoms with Crippen molar-refractivity contribution in [2.24, 2.45) is 7.05 Å². The van der Waals surface area contributed by atoms with E-state index in [0.29, 0.717) is 10.7 Å². The van der Waals surface area contributed by atoms with Gasteiger partial charge in [0.2, 0.25) is 5.82 Å². The van der Waals surface area contributed by atoms with E-state index in [2.05, 4.69) is 10.4 Å². The van der Waals surface area contributed by atoms with E-state index < -0.39 is 21.4 Å². The Morgan fingerprint density at radius 1 is 1.20 bits per heavy atom. The van der Waals surface area contributed by atoms with Gasteiger partial charge in [-0.15, -0.1) is 0 Å². The Labute approximate surface area is 117 Å². The minimum absolute atomic E-state index is 0.0796. The van der Waals surface area contributed by atoms with Crippen molar-refractivity contribution in [1.82, 2.24) is 9.78 Å². The first kappa shape index (κ1) is 13.7. The van der Waals surface area contributed by atoms with Gasteiger partial charge in [-0.2, -0.15) is 4.68 Å². The minimum atomic E-state index is -0.898. The number of halogens is 1. The van der Waals surface area contributed by atoms with Crippen LogP contribution < -0.4 is 5.32 Å². The first-order valence-corrected chi connectivity index (χ1v) is 5.66. The van der Waals surface area contributed by atoms with Crippen LogP contribution in [-0.4, -0.2) is 19.6 Å². The summed E-state index contributed by atoms with van der Waals surface area (Å²) in [6.45, 7) is 0. The molecular formula is C10H8ClN5O4. The molecule has 1 heterocycles. The van der Waals surface area contributed by atoms with E-state index in [0.717, 1.165) is 4.68 Å². The average Bonchev–Trinajstić information content (AvgIpc) is 2.70. The van der Waals surface area contributed by atoms with Crippen molar-refractivity contribution in [3.63, 3.8) is 0 Å². The topological polar surface area (TPSA) is 116 Å². The highest BCUT2D eigenvalue weighted by molar-refractivity contribution is 6.30. The summed E-state index contributed by atoms with van der Waals surface area (Å²) in [6, 6.07) is 6.34. The fraction of sp³-hybridized carbons (Fsp3) is 0.100. The molecule has 0 aliphatic heterocycles. The first-order valence-electron chi connectivity index (χ1n) is 5.28. The third kappa shape index (κ3) is 2.52. The predicted molar refractivity (Wildman–Crippen MR) is 71.3 cm³/mol. The summed E-state index contributed by atoms with van der Waals surface area (Å²) in [4.78, 5) is 20.0. The van der Waals surface area contributed by atoms with Crippen LogP contribution in [0.15, 0.2) is 24.3 Å². The van der Waals surface area contributed by atoms with Crippen molar-refractivity contribution in [2.75, 3.05) is 5.32 Å². The molecule has 0 saturated carbocycles. The lowest BCUT2D eigenvalue weighted by atomic mass is 10.3.